The number of hydrogen-bond donors (Lipinski definition) is 0. The third kappa shape index (κ3) is 5.54. The van der Waals surface area contributed by atoms with E-state index in [9.17, 15) is 26.0 Å². The first-order valence-electron chi connectivity index (χ1n) is 12.4. The number of fused-ring (bicyclic) bond motifs is 1. The van der Waals surface area contributed by atoms with Crippen LogP contribution in [-0.4, -0.2) is 64.7 Å². The van der Waals surface area contributed by atoms with Crippen molar-refractivity contribution < 1.29 is 26.0 Å². The topological polar surface area (TPSA) is 71.3 Å². The van der Waals surface area contributed by atoms with Crippen molar-refractivity contribution in [3.8, 4) is 5.69 Å². The summed E-state index contributed by atoms with van der Waals surface area (Å²) in [6.45, 7) is 3.48. The van der Waals surface area contributed by atoms with Crippen LogP contribution in [0.5, 0.6) is 0 Å². The minimum atomic E-state index is -4.34. The molecule has 0 N–H and O–H groups in total. The third-order valence-corrected chi connectivity index (χ3v) is 9.13. The van der Waals surface area contributed by atoms with Gasteiger partial charge in [-0.1, -0.05) is 0 Å². The minimum absolute atomic E-state index is 0.00697. The molecule has 1 fully saturated rings. The van der Waals surface area contributed by atoms with Crippen LogP contribution in [0.15, 0.2) is 66.0 Å². The molecule has 5 rings (SSSR count). The molecule has 3 heterocycles. The smallest absolute Gasteiger partial charge is 0.293 e. The molecule has 39 heavy (non-hydrogen) atoms. The van der Waals surface area contributed by atoms with Crippen LogP contribution in [-0.2, 0) is 10.0 Å². The predicted molar refractivity (Wildman–Crippen MR) is 138 cm³/mol. The number of nitrogens with zero attached hydrogens (tertiary/aromatic N) is 5. The summed E-state index contributed by atoms with van der Waals surface area (Å²) in [6, 6.07) is 10.6. The van der Waals surface area contributed by atoms with E-state index >= 15 is 0 Å². The Labute approximate surface area is 223 Å². The average Bonchev–Trinajstić information content (AvgIpc) is 3.29. The molecule has 0 saturated carbocycles. The normalized spacial score (nSPS) is 17.6. The fraction of sp³-hybridized carbons (Fsp3) is 0.333. The van der Waals surface area contributed by atoms with E-state index in [1.165, 1.54) is 28.8 Å². The Kier molecular flexibility index (Phi) is 7.21. The molecular formula is C27H27F4N5O2S. The number of piperazine rings is 1. The third-order valence-electron chi connectivity index (χ3n) is 7.13. The van der Waals surface area contributed by atoms with Crippen LogP contribution in [0, 0.1) is 19.7 Å². The lowest BCUT2D eigenvalue weighted by Gasteiger charge is -2.41. The molecule has 2 aromatic carbocycles. The van der Waals surface area contributed by atoms with Crippen LogP contribution in [0.2, 0.25) is 0 Å². The summed E-state index contributed by atoms with van der Waals surface area (Å²) in [5, 5.41) is 5.17. The molecule has 2 aromatic heterocycles. The number of aryl methyl sites for hydroxylation is 2. The summed E-state index contributed by atoms with van der Waals surface area (Å²) in [5.74, 6) is -0.370. The van der Waals surface area contributed by atoms with Crippen LogP contribution in [0.4, 0.5) is 17.6 Å². The maximum absolute atomic E-state index is 13.5. The monoisotopic (exact) mass is 561 g/mol. The zero-order chi connectivity index (χ0) is 27.9. The van der Waals surface area contributed by atoms with E-state index in [-0.39, 0.29) is 36.9 Å². The van der Waals surface area contributed by atoms with Crippen molar-refractivity contribution >= 4 is 20.9 Å². The van der Waals surface area contributed by atoms with Gasteiger partial charge >= 0.3 is 6.18 Å². The molecular weight excluding hydrogens is 534 g/mol. The van der Waals surface area contributed by atoms with Gasteiger partial charge in [-0.3, -0.25) is 9.88 Å². The highest BCUT2D eigenvalue weighted by atomic mass is 32.2. The molecule has 0 radical (unpaired) electrons. The van der Waals surface area contributed by atoms with Gasteiger partial charge in [0.15, 0.2) is 0 Å². The summed E-state index contributed by atoms with van der Waals surface area (Å²) in [6.07, 6.45) is -0.885. The largest absolute Gasteiger partial charge is 0.390 e. The Bertz CT molecular complexity index is 1600. The lowest BCUT2D eigenvalue weighted by atomic mass is 9.96. The van der Waals surface area contributed by atoms with Gasteiger partial charge in [-0.05, 0) is 73.0 Å². The number of sulfonamides is 1. The molecule has 0 spiro atoms. The summed E-state index contributed by atoms with van der Waals surface area (Å²) in [4.78, 5) is 5.75. The van der Waals surface area contributed by atoms with Crippen molar-refractivity contribution in [1.82, 2.24) is 24.0 Å². The molecule has 12 heteroatoms. The highest BCUT2D eigenvalue weighted by Gasteiger charge is 2.38. The van der Waals surface area contributed by atoms with Crippen molar-refractivity contribution in [2.24, 2.45) is 0 Å². The molecule has 1 atom stereocenters. The summed E-state index contributed by atoms with van der Waals surface area (Å²) >= 11 is 0. The highest BCUT2D eigenvalue weighted by molar-refractivity contribution is 7.89. The molecule has 1 saturated heterocycles. The molecule has 1 aliphatic rings. The van der Waals surface area contributed by atoms with Gasteiger partial charge in [0, 0.05) is 50.0 Å². The summed E-state index contributed by atoms with van der Waals surface area (Å²) in [5.41, 5.74) is 3.46. The number of rotatable bonds is 6. The minimum Gasteiger partial charge on any atom is -0.293 e. The quantitative estimate of drug-likeness (QED) is 0.304. The fourth-order valence-corrected chi connectivity index (χ4v) is 6.66. The molecule has 7 nitrogen and oxygen atoms in total. The number of benzene rings is 2. The second-order valence-electron chi connectivity index (χ2n) is 9.72. The highest BCUT2D eigenvalue weighted by Crippen LogP contribution is 2.35. The van der Waals surface area contributed by atoms with Crippen molar-refractivity contribution in [1.29, 1.82) is 0 Å². The summed E-state index contributed by atoms with van der Waals surface area (Å²) < 4.78 is 83.0. The number of aromatic nitrogens is 3. The van der Waals surface area contributed by atoms with E-state index < -0.39 is 28.7 Å². The molecule has 0 unspecified atom stereocenters. The zero-order valence-electron chi connectivity index (χ0n) is 21.4. The number of alkyl halides is 3. The Morgan fingerprint density at radius 1 is 1.00 bits per heavy atom. The molecule has 0 amide bonds. The number of halogens is 4. The SMILES string of the molecule is Cc1cc2c(cnn2-c2ccc(F)cc2)cc1[C@@H]1CN(S(=O)(=O)c2cnccc2C)CCN1CCC(F)(F)F. The van der Waals surface area contributed by atoms with Crippen LogP contribution < -0.4 is 0 Å². The second kappa shape index (κ2) is 10.3. The van der Waals surface area contributed by atoms with E-state index in [0.717, 1.165) is 22.0 Å². The van der Waals surface area contributed by atoms with Gasteiger partial charge in [0.25, 0.3) is 0 Å². The van der Waals surface area contributed by atoms with E-state index in [1.807, 2.05) is 19.1 Å². The van der Waals surface area contributed by atoms with Crippen molar-refractivity contribution in [3.05, 3.63) is 83.6 Å². The first-order valence-corrected chi connectivity index (χ1v) is 13.8. The van der Waals surface area contributed by atoms with Gasteiger partial charge in [-0.15, -0.1) is 0 Å². The number of pyridine rings is 1. The standard InChI is InChI=1S/C27H27F4N5O2S/c1-18-7-9-32-16-26(18)39(37,38)35-12-11-34(10-8-27(29,30)31)25(17-35)23-14-20-15-33-36(24(20)13-19(23)2)22-5-3-21(28)4-6-22/h3-7,9,13-16,25H,8,10-12,17H2,1-2H3/t25-/m0/s1. The first kappa shape index (κ1) is 27.2. The molecule has 0 aliphatic carbocycles. The van der Waals surface area contributed by atoms with Crippen LogP contribution in [0.25, 0.3) is 16.6 Å². The van der Waals surface area contributed by atoms with Crippen molar-refractivity contribution in [3.63, 3.8) is 0 Å². The molecule has 4 aromatic rings. The lowest BCUT2D eigenvalue weighted by Crippen LogP contribution is -2.51. The Morgan fingerprint density at radius 3 is 2.44 bits per heavy atom. The Hall–Kier alpha value is -3.35. The van der Waals surface area contributed by atoms with Gasteiger partial charge in [0.05, 0.1) is 23.8 Å². The Balaban J connectivity index is 1.53. The van der Waals surface area contributed by atoms with E-state index in [4.69, 9.17) is 0 Å². The first-order chi connectivity index (χ1) is 18.4. The van der Waals surface area contributed by atoms with Crippen LogP contribution in [0.1, 0.15) is 29.2 Å². The van der Waals surface area contributed by atoms with E-state index in [2.05, 4.69) is 10.1 Å². The zero-order valence-corrected chi connectivity index (χ0v) is 22.2. The van der Waals surface area contributed by atoms with Crippen molar-refractivity contribution in [2.75, 3.05) is 26.2 Å². The van der Waals surface area contributed by atoms with E-state index in [0.29, 0.717) is 11.3 Å². The van der Waals surface area contributed by atoms with Crippen LogP contribution in [0.3, 0.4) is 0 Å². The van der Waals surface area contributed by atoms with Gasteiger partial charge in [0.2, 0.25) is 10.0 Å². The van der Waals surface area contributed by atoms with E-state index in [1.54, 1.807) is 40.9 Å². The van der Waals surface area contributed by atoms with Crippen molar-refractivity contribution in [2.45, 2.75) is 37.4 Å². The Morgan fingerprint density at radius 2 is 1.74 bits per heavy atom. The average molecular weight is 562 g/mol. The van der Waals surface area contributed by atoms with Gasteiger partial charge in [-0.25, -0.2) is 17.5 Å². The summed E-state index contributed by atoms with van der Waals surface area (Å²) in [7, 11) is -3.92. The van der Waals surface area contributed by atoms with Crippen LogP contribution >= 0.6 is 0 Å². The van der Waals surface area contributed by atoms with Gasteiger partial charge < -0.3 is 0 Å². The predicted octanol–water partition coefficient (Wildman–Crippen LogP) is 5.18. The fourth-order valence-electron chi connectivity index (χ4n) is 5.05. The lowest BCUT2D eigenvalue weighted by molar-refractivity contribution is -0.140. The van der Waals surface area contributed by atoms with Gasteiger partial charge in [-0.2, -0.15) is 22.6 Å². The molecule has 0 bridgehead atoms. The molecule has 206 valence electrons. The maximum atomic E-state index is 13.5. The number of hydrogen-bond acceptors (Lipinski definition) is 5. The van der Waals surface area contributed by atoms with Gasteiger partial charge in [0.1, 0.15) is 10.7 Å². The maximum Gasteiger partial charge on any atom is 0.390 e. The second-order valence-corrected chi connectivity index (χ2v) is 11.6. The molecule has 1 aliphatic heterocycles.